The summed E-state index contributed by atoms with van der Waals surface area (Å²) in [7, 11) is 3.76. The van der Waals surface area contributed by atoms with Crippen molar-refractivity contribution in [1.82, 2.24) is 9.97 Å². The zero-order valence-corrected chi connectivity index (χ0v) is 19.3. The van der Waals surface area contributed by atoms with Crippen LogP contribution in [0.25, 0.3) is 0 Å². The molecule has 1 N–H and O–H groups in total. The molecule has 0 spiro atoms. The third-order valence-electron chi connectivity index (χ3n) is 5.67. The molecule has 8 nitrogen and oxygen atoms in total. The van der Waals surface area contributed by atoms with Crippen molar-refractivity contribution < 1.29 is 14.3 Å². The van der Waals surface area contributed by atoms with Gasteiger partial charge in [-0.05, 0) is 42.5 Å². The molecule has 0 bridgehead atoms. The predicted molar refractivity (Wildman–Crippen MR) is 134 cm³/mol. The molecule has 174 valence electrons. The summed E-state index contributed by atoms with van der Waals surface area (Å²) in [5, 5.41) is 2.81. The number of rotatable bonds is 4. The molecule has 0 aliphatic carbocycles. The Hall–Kier alpha value is -4.72. The number of hydrogen-bond acceptors (Lipinski definition) is 6. The van der Waals surface area contributed by atoms with Crippen LogP contribution < -0.4 is 19.9 Å². The van der Waals surface area contributed by atoms with Gasteiger partial charge in [0, 0.05) is 37.7 Å². The van der Waals surface area contributed by atoms with Gasteiger partial charge in [-0.15, -0.1) is 0 Å². The average Bonchev–Trinajstić information content (AvgIpc) is 3.05. The first-order valence-electron chi connectivity index (χ1n) is 11.1. The molecule has 0 saturated heterocycles. The van der Waals surface area contributed by atoms with Crippen molar-refractivity contribution in [2.24, 2.45) is 0 Å². The number of para-hydroxylation sites is 3. The van der Waals surface area contributed by atoms with Crippen LogP contribution in [-0.4, -0.2) is 35.9 Å². The van der Waals surface area contributed by atoms with Gasteiger partial charge in [-0.25, -0.2) is 9.97 Å². The molecular formula is C27H23N5O3. The summed E-state index contributed by atoms with van der Waals surface area (Å²) in [5.41, 5.74) is 3.17. The maximum Gasteiger partial charge on any atom is 0.260 e. The van der Waals surface area contributed by atoms with Crippen molar-refractivity contribution in [2.75, 3.05) is 29.2 Å². The van der Waals surface area contributed by atoms with Gasteiger partial charge in [0.2, 0.25) is 5.88 Å². The number of carbonyl (C=O) groups is 2. The van der Waals surface area contributed by atoms with E-state index in [2.05, 4.69) is 15.3 Å². The van der Waals surface area contributed by atoms with Gasteiger partial charge >= 0.3 is 0 Å². The van der Waals surface area contributed by atoms with Crippen LogP contribution in [0.4, 0.5) is 17.2 Å². The topological polar surface area (TPSA) is 87.7 Å². The fourth-order valence-corrected chi connectivity index (χ4v) is 3.93. The van der Waals surface area contributed by atoms with Gasteiger partial charge in [0.05, 0.1) is 23.4 Å². The monoisotopic (exact) mass is 465 g/mol. The van der Waals surface area contributed by atoms with Crippen molar-refractivity contribution in [3.8, 4) is 11.6 Å². The number of hydrogen-bond donors (Lipinski definition) is 1. The van der Waals surface area contributed by atoms with Crippen molar-refractivity contribution in [3.05, 3.63) is 102 Å². The Bertz CT molecular complexity index is 1400. The van der Waals surface area contributed by atoms with Crippen LogP contribution in [0.1, 0.15) is 26.3 Å². The third-order valence-corrected chi connectivity index (χ3v) is 5.67. The lowest BCUT2D eigenvalue weighted by atomic mass is 10.1. The fraction of sp³-hybridized carbons (Fsp3) is 0.111. The third kappa shape index (κ3) is 4.41. The van der Waals surface area contributed by atoms with E-state index >= 15 is 0 Å². The normalized spacial score (nSPS) is 12.0. The van der Waals surface area contributed by atoms with Crippen LogP contribution in [-0.2, 0) is 6.54 Å². The molecule has 2 aromatic carbocycles. The largest absolute Gasteiger partial charge is 0.436 e. The van der Waals surface area contributed by atoms with Crippen molar-refractivity contribution in [3.63, 3.8) is 0 Å². The molecule has 8 heteroatoms. The summed E-state index contributed by atoms with van der Waals surface area (Å²) in [4.78, 5) is 38.5. The van der Waals surface area contributed by atoms with E-state index in [9.17, 15) is 9.59 Å². The van der Waals surface area contributed by atoms with E-state index in [4.69, 9.17) is 4.74 Å². The van der Waals surface area contributed by atoms with Crippen LogP contribution in [0, 0.1) is 0 Å². The highest BCUT2D eigenvalue weighted by Crippen LogP contribution is 2.38. The van der Waals surface area contributed by atoms with Crippen LogP contribution in [0.5, 0.6) is 11.6 Å². The number of nitrogens with one attached hydrogen (secondary N) is 1. The molecule has 5 rings (SSSR count). The van der Waals surface area contributed by atoms with Gasteiger partial charge in [-0.3, -0.25) is 9.59 Å². The van der Waals surface area contributed by atoms with E-state index in [1.54, 1.807) is 29.3 Å². The second-order valence-corrected chi connectivity index (χ2v) is 8.23. The summed E-state index contributed by atoms with van der Waals surface area (Å²) in [5.74, 6) is 0.873. The number of nitrogens with zero attached hydrogens (tertiary/aromatic N) is 4. The summed E-state index contributed by atoms with van der Waals surface area (Å²) in [6.07, 6.45) is 3.13. The molecule has 2 aromatic heterocycles. The lowest BCUT2D eigenvalue weighted by molar-refractivity contribution is 0.0984. The van der Waals surface area contributed by atoms with Gasteiger partial charge in [0.25, 0.3) is 11.8 Å². The zero-order valence-electron chi connectivity index (χ0n) is 19.3. The molecule has 0 radical (unpaired) electrons. The minimum Gasteiger partial charge on any atom is -0.436 e. The van der Waals surface area contributed by atoms with Gasteiger partial charge in [-0.2, -0.15) is 0 Å². The summed E-state index contributed by atoms with van der Waals surface area (Å²) in [6.45, 7) is 0.304. The standard InChI is InChI=1S/C27H23N5O3/c1-31(2)21-10-4-3-9-20(21)25(33)30-24-14-13-18(16-29-24)27(34)32-17-19-8-7-15-28-26(19)35-23-12-6-5-11-22(23)32/h3-16H,17H2,1-2H3,(H,29,30,33). The molecule has 1 aliphatic heterocycles. The molecule has 0 saturated carbocycles. The van der Waals surface area contributed by atoms with Crippen LogP contribution in [0.3, 0.4) is 0 Å². The number of ether oxygens (including phenoxy) is 1. The molecule has 4 aromatic rings. The number of fused-ring (bicyclic) bond motifs is 2. The predicted octanol–water partition coefficient (Wildman–Crippen LogP) is 4.75. The number of benzene rings is 2. The van der Waals surface area contributed by atoms with Gasteiger partial charge in [0.1, 0.15) is 5.82 Å². The molecule has 2 amide bonds. The smallest absolute Gasteiger partial charge is 0.260 e. The van der Waals surface area contributed by atoms with Crippen molar-refractivity contribution in [2.45, 2.75) is 6.54 Å². The van der Waals surface area contributed by atoms with E-state index < -0.39 is 0 Å². The Labute approximate surface area is 202 Å². The highest BCUT2D eigenvalue weighted by atomic mass is 16.5. The van der Waals surface area contributed by atoms with E-state index in [1.165, 1.54) is 6.20 Å². The molecule has 35 heavy (non-hydrogen) atoms. The van der Waals surface area contributed by atoms with Gasteiger partial charge < -0.3 is 19.9 Å². The Morgan fingerprint density at radius 2 is 1.74 bits per heavy atom. The number of anilines is 3. The van der Waals surface area contributed by atoms with E-state index in [0.29, 0.717) is 40.8 Å². The summed E-state index contributed by atoms with van der Waals surface area (Å²) < 4.78 is 5.98. The van der Waals surface area contributed by atoms with Crippen LogP contribution in [0.15, 0.2) is 85.2 Å². The fourth-order valence-electron chi connectivity index (χ4n) is 3.93. The van der Waals surface area contributed by atoms with E-state index in [0.717, 1.165) is 11.3 Å². The minimum atomic E-state index is -0.274. The highest BCUT2D eigenvalue weighted by molar-refractivity contribution is 6.09. The minimum absolute atomic E-state index is 0.235. The summed E-state index contributed by atoms with van der Waals surface area (Å²) >= 11 is 0. The first kappa shape index (κ1) is 22.1. The molecule has 0 fully saturated rings. The maximum absolute atomic E-state index is 13.5. The SMILES string of the molecule is CN(C)c1ccccc1C(=O)Nc1ccc(C(=O)N2Cc3cccnc3Oc3ccccc32)cn1. The molecular weight excluding hydrogens is 442 g/mol. The first-order chi connectivity index (χ1) is 17.0. The summed E-state index contributed by atoms with van der Waals surface area (Å²) in [6, 6.07) is 21.7. The average molecular weight is 466 g/mol. The second-order valence-electron chi connectivity index (χ2n) is 8.23. The molecule has 1 aliphatic rings. The number of pyridine rings is 2. The second kappa shape index (κ2) is 9.26. The number of carbonyl (C=O) groups excluding carboxylic acids is 2. The van der Waals surface area contributed by atoms with E-state index in [1.807, 2.05) is 73.6 Å². The molecule has 0 atom stereocenters. The van der Waals surface area contributed by atoms with Gasteiger partial charge in [-0.1, -0.05) is 30.3 Å². The van der Waals surface area contributed by atoms with Crippen LogP contribution in [0.2, 0.25) is 0 Å². The molecule has 0 unspecified atom stereocenters. The lowest BCUT2D eigenvalue weighted by Gasteiger charge is -2.22. The van der Waals surface area contributed by atoms with Crippen LogP contribution >= 0.6 is 0 Å². The van der Waals surface area contributed by atoms with E-state index in [-0.39, 0.29) is 11.8 Å². The molecule has 3 heterocycles. The Morgan fingerprint density at radius 1 is 0.943 bits per heavy atom. The first-order valence-corrected chi connectivity index (χ1v) is 11.1. The van der Waals surface area contributed by atoms with Crippen molar-refractivity contribution in [1.29, 1.82) is 0 Å². The number of amides is 2. The Morgan fingerprint density at radius 3 is 2.54 bits per heavy atom. The maximum atomic E-state index is 13.5. The lowest BCUT2D eigenvalue weighted by Crippen LogP contribution is -2.30. The Balaban J connectivity index is 1.39. The highest BCUT2D eigenvalue weighted by Gasteiger charge is 2.27. The Kier molecular flexibility index (Phi) is 5.85. The zero-order chi connectivity index (χ0) is 24.4. The van der Waals surface area contributed by atoms with Gasteiger partial charge in [0.15, 0.2) is 5.75 Å². The number of aromatic nitrogens is 2. The quantitative estimate of drug-likeness (QED) is 0.468. The van der Waals surface area contributed by atoms with Crippen molar-refractivity contribution >= 4 is 29.0 Å².